The molecule has 154 valence electrons. The second-order valence-corrected chi connectivity index (χ2v) is 8.37. The lowest BCUT2D eigenvalue weighted by Crippen LogP contribution is -2.14. The van der Waals surface area contributed by atoms with Crippen LogP contribution in [0.25, 0.3) is 21.7 Å². The summed E-state index contributed by atoms with van der Waals surface area (Å²) in [7, 11) is 0. The van der Waals surface area contributed by atoms with Crippen molar-refractivity contribution in [2.45, 2.75) is 10.9 Å². The van der Waals surface area contributed by atoms with Crippen molar-refractivity contribution in [3.63, 3.8) is 0 Å². The highest BCUT2D eigenvalue weighted by Crippen LogP contribution is 2.30. The van der Waals surface area contributed by atoms with Gasteiger partial charge in [-0.2, -0.15) is 5.26 Å². The van der Waals surface area contributed by atoms with Gasteiger partial charge in [0.1, 0.15) is 17.3 Å². The molecule has 0 radical (unpaired) electrons. The molecule has 0 spiro atoms. The Balaban J connectivity index is 1.60. The molecule has 4 rings (SSSR count). The summed E-state index contributed by atoms with van der Waals surface area (Å²) in [5.74, 6) is -2.64. The van der Waals surface area contributed by atoms with Crippen LogP contribution in [-0.2, 0) is 5.75 Å². The Labute approximate surface area is 183 Å². The number of thiophene rings is 1. The molecule has 5 nitrogen and oxygen atoms in total. The van der Waals surface area contributed by atoms with E-state index in [0.717, 1.165) is 22.6 Å². The Morgan fingerprint density at radius 3 is 2.58 bits per heavy atom. The van der Waals surface area contributed by atoms with E-state index in [2.05, 4.69) is 9.97 Å². The maximum absolute atomic E-state index is 13.7. The highest BCUT2D eigenvalue weighted by molar-refractivity contribution is 7.98. The third kappa shape index (κ3) is 4.35. The number of aromatic amines is 1. The minimum atomic E-state index is -1.03. The van der Waals surface area contributed by atoms with Crippen molar-refractivity contribution >= 4 is 23.1 Å². The van der Waals surface area contributed by atoms with Gasteiger partial charge in [-0.3, -0.25) is 4.79 Å². The van der Waals surface area contributed by atoms with Crippen LogP contribution in [0.4, 0.5) is 8.78 Å². The average Bonchev–Trinajstić information content (AvgIpc) is 3.30. The van der Waals surface area contributed by atoms with Crippen LogP contribution in [0.5, 0.6) is 5.75 Å². The van der Waals surface area contributed by atoms with E-state index in [1.807, 2.05) is 23.6 Å². The number of aromatic hydroxyl groups is 1. The summed E-state index contributed by atoms with van der Waals surface area (Å²) in [5, 5.41) is 20.8. The first-order valence-electron chi connectivity index (χ1n) is 8.94. The highest BCUT2D eigenvalue weighted by atomic mass is 32.2. The molecule has 0 aliphatic heterocycles. The van der Waals surface area contributed by atoms with Crippen LogP contribution in [-0.4, -0.2) is 15.1 Å². The van der Waals surface area contributed by atoms with Crippen LogP contribution in [0.1, 0.15) is 11.1 Å². The molecule has 0 fully saturated rings. The molecular weight excluding hydrogens is 440 g/mol. The van der Waals surface area contributed by atoms with Gasteiger partial charge in [0, 0.05) is 5.75 Å². The van der Waals surface area contributed by atoms with Gasteiger partial charge in [0.15, 0.2) is 22.5 Å². The first-order valence-corrected chi connectivity index (χ1v) is 10.8. The molecule has 0 bridgehead atoms. The van der Waals surface area contributed by atoms with Gasteiger partial charge in [0.05, 0.1) is 4.88 Å². The minimum Gasteiger partial charge on any atom is -0.503 e. The summed E-state index contributed by atoms with van der Waals surface area (Å²) in [5.41, 5.74) is 1.51. The van der Waals surface area contributed by atoms with Crippen LogP contribution < -0.4 is 5.56 Å². The monoisotopic (exact) mass is 453 g/mol. The fourth-order valence-electron chi connectivity index (χ4n) is 2.94. The number of phenolic OH excluding ortho intramolecular Hbond substituents is 1. The number of nitrogens with one attached hydrogen (secondary N) is 1. The number of hydrogen-bond acceptors (Lipinski definition) is 6. The summed E-state index contributed by atoms with van der Waals surface area (Å²) in [6, 6.07) is 14.7. The maximum atomic E-state index is 13.7. The molecule has 0 atom stereocenters. The van der Waals surface area contributed by atoms with E-state index in [1.165, 1.54) is 23.1 Å². The zero-order chi connectivity index (χ0) is 22.0. The summed E-state index contributed by atoms with van der Waals surface area (Å²) in [4.78, 5) is 20.1. The number of halogens is 2. The molecule has 2 aromatic carbocycles. The molecule has 2 aromatic heterocycles. The smallest absolute Gasteiger partial charge is 0.270 e. The van der Waals surface area contributed by atoms with Crippen molar-refractivity contribution in [2.75, 3.05) is 0 Å². The predicted molar refractivity (Wildman–Crippen MR) is 116 cm³/mol. The van der Waals surface area contributed by atoms with E-state index in [0.29, 0.717) is 27.7 Å². The number of aromatic nitrogens is 2. The van der Waals surface area contributed by atoms with Crippen LogP contribution >= 0.6 is 23.1 Å². The number of rotatable bonds is 5. The second-order valence-electron chi connectivity index (χ2n) is 6.46. The first kappa shape index (κ1) is 20.8. The SMILES string of the molecule is N#Cc1c(-c2cccs2)nc(SCc2cccc(-c3cc(F)c(O)c(F)c3)c2)[nH]c1=O. The maximum Gasteiger partial charge on any atom is 0.270 e. The van der Waals surface area contributed by atoms with Crippen LogP contribution in [0.15, 0.2) is 63.9 Å². The van der Waals surface area contributed by atoms with Gasteiger partial charge in [-0.05, 0) is 40.3 Å². The Bertz CT molecular complexity index is 1340. The number of thioether (sulfide) groups is 1. The zero-order valence-electron chi connectivity index (χ0n) is 15.7. The van der Waals surface area contributed by atoms with Gasteiger partial charge in [0.2, 0.25) is 0 Å². The van der Waals surface area contributed by atoms with E-state index in [-0.39, 0.29) is 5.56 Å². The number of nitriles is 1. The molecular formula is C22H13F2N3O2S2. The largest absolute Gasteiger partial charge is 0.503 e. The second kappa shape index (κ2) is 8.71. The van der Waals surface area contributed by atoms with Crippen molar-refractivity contribution in [1.29, 1.82) is 5.26 Å². The summed E-state index contributed by atoms with van der Waals surface area (Å²) < 4.78 is 27.4. The van der Waals surface area contributed by atoms with Gasteiger partial charge < -0.3 is 10.1 Å². The van der Waals surface area contributed by atoms with Crippen LogP contribution in [0, 0.1) is 23.0 Å². The van der Waals surface area contributed by atoms with E-state index < -0.39 is 22.9 Å². The Kier molecular flexibility index (Phi) is 5.84. The van der Waals surface area contributed by atoms with Gasteiger partial charge in [-0.15, -0.1) is 11.3 Å². The molecule has 0 amide bonds. The zero-order valence-corrected chi connectivity index (χ0v) is 17.4. The van der Waals surface area contributed by atoms with Crippen molar-refractivity contribution < 1.29 is 13.9 Å². The molecule has 0 saturated heterocycles. The van der Waals surface area contributed by atoms with Gasteiger partial charge in [0.25, 0.3) is 5.56 Å². The number of phenols is 1. The Hall–Kier alpha value is -3.48. The third-order valence-electron chi connectivity index (χ3n) is 4.42. The van der Waals surface area contributed by atoms with E-state index in [9.17, 15) is 23.9 Å². The number of benzene rings is 2. The van der Waals surface area contributed by atoms with Gasteiger partial charge in [-0.1, -0.05) is 42.1 Å². The lowest BCUT2D eigenvalue weighted by Gasteiger charge is -2.08. The molecule has 0 aliphatic carbocycles. The molecule has 0 saturated carbocycles. The predicted octanol–water partition coefficient (Wildman–Crippen LogP) is 5.31. The first-order chi connectivity index (χ1) is 15.0. The number of nitrogens with zero attached hydrogens (tertiary/aromatic N) is 2. The van der Waals surface area contributed by atoms with E-state index in [4.69, 9.17) is 0 Å². The number of H-pyrrole nitrogens is 1. The molecule has 0 unspecified atom stereocenters. The Morgan fingerprint density at radius 1 is 1.13 bits per heavy atom. The fourth-order valence-corrected chi connectivity index (χ4v) is 4.46. The van der Waals surface area contributed by atoms with Crippen molar-refractivity contribution in [2.24, 2.45) is 0 Å². The van der Waals surface area contributed by atoms with E-state index in [1.54, 1.807) is 24.3 Å². The highest BCUT2D eigenvalue weighted by Gasteiger charge is 2.15. The van der Waals surface area contributed by atoms with E-state index >= 15 is 0 Å². The van der Waals surface area contributed by atoms with Crippen molar-refractivity contribution in [1.82, 2.24) is 9.97 Å². The molecule has 4 aromatic rings. The number of hydrogen-bond donors (Lipinski definition) is 2. The van der Waals surface area contributed by atoms with Gasteiger partial charge in [-0.25, -0.2) is 13.8 Å². The third-order valence-corrected chi connectivity index (χ3v) is 6.24. The molecule has 2 N–H and O–H groups in total. The Morgan fingerprint density at radius 2 is 1.90 bits per heavy atom. The average molecular weight is 453 g/mol. The summed E-state index contributed by atoms with van der Waals surface area (Å²) >= 11 is 2.66. The van der Waals surface area contributed by atoms with Crippen molar-refractivity contribution in [3.8, 4) is 33.5 Å². The topological polar surface area (TPSA) is 89.8 Å². The summed E-state index contributed by atoms with van der Waals surface area (Å²) in [6.07, 6.45) is 0. The van der Waals surface area contributed by atoms with Crippen LogP contribution in [0.2, 0.25) is 0 Å². The lowest BCUT2D eigenvalue weighted by atomic mass is 10.0. The molecule has 2 heterocycles. The van der Waals surface area contributed by atoms with Crippen molar-refractivity contribution in [3.05, 3.63) is 87.0 Å². The molecule has 31 heavy (non-hydrogen) atoms. The fraction of sp³-hybridized carbons (Fsp3) is 0.0455. The minimum absolute atomic E-state index is 0.0369. The quantitative estimate of drug-likeness (QED) is 0.316. The van der Waals surface area contributed by atoms with Gasteiger partial charge >= 0.3 is 0 Å². The molecule has 9 heteroatoms. The lowest BCUT2D eigenvalue weighted by molar-refractivity contribution is 0.396. The normalized spacial score (nSPS) is 10.7. The summed E-state index contributed by atoms with van der Waals surface area (Å²) in [6.45, 7) is 0. The van der Waals surface area contributed by atoms with Crippen LogP contribution in [0.3, 0.4) is 0 Å². The standard InChI is InChI=1S/C22H13F2N3O2S2/c23-16-8-14(9-17(24)20(16)28)13-4-1-3-12(7-13)11-31-22-26-19(18-5-2-6-30-18)15(10-25)21(29)27-22/h1-9,28H,11H2,(H,26,27,29). The molecule has 0 aliphatic rings.